The molecule has 5 heteroatoms. The molecule has 18 heavy (non-hydrogen) atoms. The maximum absolute atomic E-state index is 12.1. The highest BCUT2D eigenvalue weighted by Gasteiger charge is 2.31. The molecule has 0 bridgehead atoms. The summed E-state index contributed by atoms with van der Waals surface area (Å²) in [7, 11) is -1.32. The predicted octanol–water partition coefficient (Wildman–Crippen LogP) is 1.03. The van der Waals surface area contributed by atoms with Gasteiger partial charge in [0.1, 0.15) is 0 Å². The van der Waals surface area contributed by atoms with Crippen LogP contribution in [-0.2, 0) is 10.0 Å². The van der Waals surface area contributed by atoms with Crippen LogP contribution < -0.4 is 5.32 Å². The molecular formula is C13H20N2O2S. The first-order chi connectivity index (χ1) is 8.63. The second kappa shape index (κ2) is 5.82. The van der Waals surface area contributed by atoms with Crippen LogP contribution in [0.5, 0.6) is 0 Å². The third-order valence-corrected chi connectivity index (χ3v) is 5.26. The van der Waals surface area contributed by atoms with Gasteiger partial charge >= 0.3 is 0 Å². The van der Waals surface area contributed by atoms with E-state index >= 15 is 0 Å². The molecule has 0 aromatic heterocycles. The zero-order valence-corrected chi connectivity index (χ0v) is 11.5. The molecule has 1 fully saturated rings. The highest BCUT2D eigenvalue weighted by molar-refractivity contribution is 7.89. The molecule has 1 aliphatic rings. The maximum Gasteiger partial charge on any atom is 0.215 e. The Morgan fingerprint density at radius 2 is 2.06 bits per heavy atom. The second-order valence-electron chi connectivity index (χ2n) is 4.67. The molecule has 0 spiro atoms. The Morgan fingerprint density at radius 1 is 1.33 bits per heavy atom. The SMILES string of the molecule is CNCCS(=O)(=O)N1CCC(c2ccccc2)C1. The molecule has 2 rings (SSSR count). The Balaban J connectivity index is 2.00. The number of benzene rings is 1. The number of nitrogens with zero attached hydrogens (tertiary/aromatic N) is 1. The maximum atomic E-state index is 12.1. The van der Waals surface area contributed by atoms with Crippen LogP contribution in [0.4, 0.5) is 0 Å². The van der Waals surface area contributed by atoms with Gasteiger partial charge < -0.3 is 5.32 Å². The molecule has 1 unspecified atom stereocenters. The molecule has 1 aromatic rings. The van der Waals surface area contributed by atoms with Crippen LogP contribution in [0.2, 0.25) is 0 Å². The Labute approximate surface area is 109 Å². The summed E-state index contributed by atoms with van der Waals surface area (Å²) in [5, 5.41) is 2.88. The van der Waals surface area contributed by atoms with Gasteiger partial charge in [0, 0.05) is 19.6 Å². The molecule has 1 heterocycles. The van der Waals surface area contributed by atoms with Gasteiger partial charge in [-0.15, -0.1) is 0 Å². The summed E-state index contributed by atoms with van der Waals surface area (Å²) in [6.45, 7) is 1.77. The van der Waals surface area contributed by atoms with Crippen molar-refractivity contribution in [1.29, 1.82) is 0 Å². The van der Waals surface area contributed by atoms with Crippen molar-refractivity contribution in [3.05, 3.63) is 35.9 Å². The first kappa shape index (κ1) is 13.5. The molecule has 100 valence electrons. The van der Waals surface area contributed by atoms with E-state index in [-0.39, 0.29) is 5.75 Å². The lowest BCUT2D eigenvalue weighted by atomic mass is 9.99. The predicted molar refractivity (Wildman–Crippen MR) is 73.1 cm³/mol. The van der Waals surface area contributed by atoms with E-state index in [2.05, 4.69) is 17.4 Å². The minimum absolute atomic E-state index is 0.186. The van der Waals surface area contributed by atoms with Gasteiger partial charge in [-0.05, 0) is 24.9 Å². The highest BCUT2D eigenvalue weighted by Crippen LogP contribution is 2.28. The molecule has 0 saturated carbocycles. The third kappa shape index (κ3) is 3.10. The number of rotatable bonds is 5. The van der Waals surface area contributed by atoms with Crippen molar-refractivity contribution in [3.8, 4) is 0 Å². The standard InChI is InChI=1S/C13H20N2O2S/c1-14-8-10-18(16,17)15-9-7-13(11-15)12-5-3-2-4-6-12/h2-6,13-14H,7-11H2,1H3. The normalized spacial score (nSPS) is 21.3. The van der Waals surface area contributed by atoms with E-state index in [4.69, 9.17) is 0 Å². The zero-order chi connectivity index (χ0) is 13.0. The van der Waals surface area contributed by atoms with Gasteiger partial charge in [-0.25, -0.2) is 12.7 Å². The van der Waals surface area contributed by atoms with Gasteiger partial charge in [-0.2, -0.15) is 0 Å². The van der Waals surface area contributed by atoms with Crippen LogP contribution >= 0.6 is 0 Å². The average Bonchev–Trinajstić information content (AvgIpc) is 2.88. The van der Waals surface area contributed by atoms with E-state index in [9.17, 15) is 8.42 Å². The van der Waals surface area contributed by atoms with Gasteiger partial charge in [-0.3, -0.25) is 0 Å². The van der Waals surface area contributed by atoms with Crippen LogP contribution in [0.1, 0.15) is 17.9 Å². The van der Waals surface area contributed by atoms with Gasteiger partial charge in [0.25, 0.3) is 0 Å². The summed E-state index contributed by atoms with van der Waals surface area (Å²) in [4.78, 5) is 0. The zero-order valence-electron chi connectivity index (χ0n) is 10.7. The highest BCUT2D eigenvalue weighted by atomic mass is 32.2. The Kier molecular flexibility index (Phi) is 4.37. The minimum Gasteiger partial charge on any atom is -0.319 e. The Morgan fingerprint density at radius 3 is 2.72 bits per heavy atom. The van der Waals surface area contributed by atoms with E-state index in [1.807, 2.05) is 18.2 Å². The molecule has 1 aliphatic heterocycles. The van der Waals surface area contributed by atoms with Crippen LogP contribution in [0.15, 0.2) is 30.3 Å². The van der Waals surface area contributed by atoms with Crippen LogP contribution in [0.3, 0.4) is 0 Å². The number of hydrogen-bond acceptors (Lipinski definition) is 3. The van der Waals surface area contributed by atoms with E-state index in [0.717, 1.165) is 6.42 Å². The third-order valence-electron chi connectivity index (χ3n) is 3.43. The lowest BCUT2D eigenvalue weighted by Gasteiger charge is -2.16. The molecule has 1 atom stereocenters. The van der Waals surface area contributed by atoms with E-state index in [1.54, 1.807) is 11.4 Å². The van der Waals surface area contributed by atoms with Crippen molar-refractivity contribution in [3.63, 3.8) is 0 Å². The fourth-order valence-electron chi connectivity index (χ4n) is 2.34. The lowest BCUT2D eigenvalue weighted by Crippen LogP contribution is -2.34. The van der Waals surface area contributed by atoms with Crippen LogP contribution in [0.25, 0.3) is 0 Å². The van der Waals surface area contributed by atoms with Gasteiger partial charge in [0.05, 0.1) is 5.75 Å². The van der Waals surface area contributed by atoms with Crippen molar-refractivity contribution < 1.29 is 8.42 Å². The summed E-state index contributed by atoms with van der Waals surface area (Å²) < 4.78 is 25.7. The topological polar surface area (TPSA) is 49.4 Å². The first-order valence-corrected chi connectivity index (χ1v) is 7.92. The summed E-state index contributed by atoms with van der Waals surface area (Å²) in [6, 6.07) is 10.2. The molecule has 0 aliphatic carbocycles. The van der Waals surface area contributed by atoms with E-state index in [1.165, 1.54) is 5.56 Å². The molecule has 1 N–H and O–H groups in total. The Hall–Kier alpha value is -0.910. The van der Waals surface area contributed by atoms with Gasteiger partial charge in [0.15, 0.2) is 0 Å². The van der Waals surface area contributed by atoms with Crippen LogP contribution in [-0.4, -0.2) is 45.2 Å². The monoisotopic (exact) mass is 268 g/mol. The number of hydrogen-bond donors (Lipinski definition) is 1. The average molecular weight is 268 g/mol. The van der Waals surface area contributed by atoms with E-state index < -0.39 is 10.0 Å². The number of nitrogens with one attached hydrogen (secondary N) is 1. The van der Waals surface area contributed by atoms with Gasteiger partial charge in [0.2, 0.25) is 10.0 Å². The molecular weight excluding hydrogens is 248 g/mol. The van der Waals surface area contributed by atoms with Crippen molar-refractivity contribution >= 4 is 10.0 Å². The largest absolute Gasteiger partial charge is 0.319 e. The van der Waals surface area contributed by atoms with Crippen molar-refractivity contribution in [1.82, 2.24) is 9.62 Å². The quantitative estimate of drug-likeness (QED) is 0.867. The molecule has 4 nitrogen and oxygen atoms in total. The summed E-state index contributed by atoms with van der Waals surface area (Å²) >= 11 is 0. The minimum atomic E-state index is -3.09. The van der Waals surface area contributed by atoms with Gasteiger partial charge in [-0.1, -0.05) is 30.3 Å². The molecule has 0 amide bonds. The van der Waals surface area contributed by atoms with Crippen molar-refractivity contribution in [2.45, 2.75) is 12.3 Å². The smallest absolute Gasteiger partial charge is 0.215 e. The van der Waals surface area contributed by atoms with Crippen LogP contribution in [0, 0.1) is 0 Å². The van der Waals surface area contributed by atoms with Crippen molar-refractivity contribution in [2.24, 2.45) is 0 Å². The Bertz CT molecular complexity index is 473. The summed E-state index contributed by atoms with van der Waals surface area (Å²) in [6.07, 6.45) is 0.919. The number of sulfonamides is 1. The fraction of sp³-hybridized carbons (Fsp3) is 0.538. The molecule has 1 aromatic carbocycles. The van der Waals surface area contributed by atoms with E-state index in [0.29, 0.717) is 25.6 Å². The lowest BCUT2D eigenvalue weighted by molar-refractivity contribution is 0.472. The molecule has 1 saturated heterocycles. The molecule has 0 radical (unpaired) electrons. The summed E-state index contributed by atoms with van der Waals surface area (Å²) in [5.41, 5.74) is 1.24. The fourth-order valence-corrected chi connectivity index (χ4v) is 3.85. The first-order valence-electron chi connectivity index (χ1n) is 6.31. The van der Waals surface area contributed by atoms with Crippen molar-refractivity contribution in [2.75, 3.05) is 32.4 Å². The summed E-state index contributed by atoms with van der Waals surface area (Å²) in [5.74, 6) is 0.529. The second-order valence-corrected chi connectivity index (χ2v) is 6.76.